The maximum absolute atomic E-state index is 9.01. The van der Waals surface area contributed by atoms with E-state index in [-0.39, 0.29) is 0 Å². The van der Waals surface area contributed by atoms with E-state index in [0.717, 1.165) is 12.5 Å². The van der Waals surface area contributed by atoms with Crippen LogP contribution >= 0.6 is 0 Å². The van der Waals surface area contributed by atoms with Gasteiger partial charge in [-0.1, -0.05) is 26.7 Å². The van der Waals surface area contributed by atoms with Gasteiger partial charge in [-0.3, -0.25) is 0 Å². The molecule has 0 aromatic heterocycles. The fourth-order valence-corrected chi connectivity index (χ4v) is 2.14. The van der Waals surface area contributed by atoms with Gasteiger partial charge in [0.05, 0.1) is 0 Å². The van der Waals surface area contributed by atoms with E-state index in [1.807, 2.05) is 0 Å². The highest BCUT2D eigenvalue weighted by atomic mass is 16.3. The maximum Gasteiger partial charge on any atom is 0.0471 e. The predicted octanol–water partition coefficient (Wildman–Crippen LogP) is 1.74. The van der Waals surface area contributed by atoms with Gasteiger partial charge < -0.3 is 10.0 Å². The topological polar surface area (TPSA) is 23.5 Å². The van der Waals surface area contributed by atoms with Crippen LogP contribution in [0.25, 0.3) is 0 Å². The molecule has 0 radical (unpaired) electrons. The Hall–Kier alpha value is -0.0800. The average Bonchev–Trinajstić information content (AvgIpc) is 2.61. The van der Waals surface area contributed by atoms with Crippen molar-refractivity contribution >= 4 is 0 Å². The molecular weight excluding hydrogens is 162 g/mol. The van der Waals surface area contributed by atoms with Gasteiger partial charge in [-0.15, -0.1) is 0 Å². The Morgan fingerprint density at radius 2 is 2.08 bits per heavy atom. The normalized spacial score (nSPS) is 24.5. The Kier molecular flexibility index (Phi) is 4.74. The summed E-state index contributed by atoms with van der Waals surface area (Å²) in [6.45, 7) is 8.47. The van der Waals surface area contributed by atoms with Gasteiger partial charge in [0.15, 0.2) is 0 Å². The third-order valence-corrected chi connectivity index (χ3v) is 3.30. The molecule has 1 fully saturated rings. The summed E-state index contributed by atoms with van der Waals surface area (Å²) in [6, 6.07) is 0. The maximum atomic E-state index is 9.01. The molecule has 1 heterocycles. The molecule has 1 rings (SSSR count). The van der Waals surface area contributed by atoms with Crippen molar-refractivity contribution in [2.24, 2.45) is 11.8 Å². The number of hydrogen-bond donors (Lipinski definition) is 1. The quantitative estimate of drug-likeness (QED) is 0.705. The first kappa shape index (κ1) is 11.0. The van der Waals surface area contributed by atoms with Crippen LogP contribution in [0.15, 0.2) is 0 Å². The van der Waals surface area contributed by atoms with Crippen LogP contribution in [0.2, 0.25) is 0 Å². The zero-order chi connectivity index (χ0) is 9.68. The highest BCUT2D eigenvalue weighted by molar-refractivity contribution is 4.76. The smallest absolute Gasteiger partial charge is 0.0471 e. The first-order chi connectivity index (χ1) is 6.30. The van der Waals surface area contributed by atoms with Gasteiger partial charge in [0, 0.05) is 19.7 Å². The SMILES string of the molecule is CCC(CC)CN1CC[C@H](CO)C1. The molecule has 0 aliphatic carbocycles. The molecule has 1 saturated heterocycles. The molecule has 0 saturated carbocycles. The van der Waals surface area contributed by atoms with Gasteiger partial charge in [0.2, 0.25) is 0 Å². The Bertz CT molecular complexity index is 134. The van der Waals surface area contributed by atoms with Crippen molar-refractivity contribution in [3.63, 3.8) is 0 Å². The van der Waals surface area contributed by atoms with Crippen molar-refractivity contribution in [2.45, 2.75) is 33.1 Å². The summed E-state index contributed by atoms with van der Waals surface area (Å²) >= 11 is 0. The molecule has 0 aromatic carbocycles. The zero-order valence-electron chi connectivity index (χ0n) is 9.00. The molecule has 1 aliphatic rings. The number of aliphatic hydroxyl groups is 1. The van der Waals surface area contributed by atoms with Crippen LogP contribution < -0.4 is 0 Å². The monoisotopic (exact) mass is 185 g/mol. The third-order valence-electron chi connectivity index (χ3n) is 3.30. The molecule has 0 aromatic rings. The fraction of sp³-hybridized carbons (Fsp3) is 1.00. The van der Waals surface area contributed by atoms with Crippen molar-refractivity contribution in [3.8, 4) is 0 Å². The highest BCUT2D eigenvalue weighted by Crippen LogP contribution is 2.18. The standard InChI is InChI=1S/C11H23NO/c1-3-10(4-2)7-12-6-5-11(8-12)9-13/h10-11,13H,3-9H2,1-2H3/t11-/m0/s1. The molecular formula is C11H23NO. The van der Waals surface area contributed by atoms with Crippen LogP contribution in [0.1, 0.15) is 33.1 Å². The predicted molar refractivity (Wildman–Crippen MR) is 55.7 cm³/mol. The van der Waals surface area contributed by atoms with Gasteiger partial charge in [0.25, 0.3) is 0 Å². The Balaban J connectivity index is 2.22. The van der Waals surface area contributed by atoms with Crippen molar-refractivity contribution in [2.75, 3.05) is 26.2 Å². The Morgan fingerprint density at radius 1 is 1.38 bits per heavy atom. The summed E-state index contributed by atoms with van der Waals surface area (Å²) in [6.07, 6.45) is 3.77. The summed E-state index contributed by atoms with van der Waals surface area (Å²) in [4.78, 5) is 2.51. The molecule has 78 valence electrons. The molecule has 13 heavy (non-hydrogen) atoms. The first-order valence-electron chi connectivity index (χ1n) is 5.63. The summed E-state index contributed by atoms with van der Waals surface area (Å²) < 4.78 is 0. The number of rotatable bonds is 5. The Labute approximate surface area is 81.9 Å². The number of likely N-dealkylation sites (tertiary alicyclic amines) is 1. The van der Waals surface area contributed by atoms with E-state index >= 15 is 0 Å². The van der Waals surface area contributed by atoms with E-state index in [2.05, 4.69) is 18.7 Å². The van der Waals surface area contributed by atoms with E-state index in [9.17, 15) is 0 Å². The van der Waals surface area contributed by atoms with Crippen LogP contribution in [-0.4, -0.2) is 36.2 Å². The number of hydrogen-bond acceptors (Lipinski definition) is 2. The van der Waals surface area contributed by atoms with Crippen LogP contribution in [0.5, 0.6) is 0 Å². The van der Waals surface area contributed by atoms with Gasteiger partial charge in [0.1, 0.15) is 0 Å². The van der Waals surface area contributed by atoms with Crippen molar-refractivity contribution in [1.82, 2.24) is 4.90 Å². The summed E-state index contributed by atoms with van der Waals surface area (Å²) in [5.74, 6) is 1.41. The van der Waals surface area contributed by atoms with Crippen LogP contribution in [-0.2, 0) is 0 Å². The van der Waals surface area contributed by atoms with E-state index in [0.29, 0.717) is 12.5 Å². The summed E-state index contributed by atoms with van der Waals surface area (Å²) in [5.41, 5.74) is 0. The second-order valence-electron chi connectivity index (χ2n) is 4.28. The molecule has 0 bridgehead atoms. The van der Waals surface area contributed by atoms with Crippen molar-refractivity contribution < 1.29 is 5.11 Å². The van der Waals surface area contributed by atoms with Crippen LogP contribution in [0.4, 0.5) is 0 Å². The number of nitrogens with zero attached hydrogens (tertiary/aromatic N) is 1. The molecule has 0 amide bonds. The van der Waals surface area contributed by atoms with Gasteiger partial charge in [-0.2, -0.15) is 0 Å². The minimum atomic E-state index is 0.374. The van der Waals surface area contributed by atoms with Gasteiger partial charge in [-0.25, -0.2) is 0 Å². The fourth-order valence-electron chi connectivity index (χ4n) is 2.14. The van der Waals surface area contributed by atoms with Gasteiger partial charge >= 0.3 is 0 Å². The lowest BCUT2D eigenvalue weighted by molar-refractivity contribution is 0.210. The molecule has 0 spiro atoms. The summed E-state index contributed by atoms with van der Waals surface area (Å²) in [5, 5.41) is 9.01. The molecule has 1 N–H and O–H groups in total. The minimum absolute atomic E-state index is 0.374. The Morgan fingerprint density at radius 3 is 2.54 bits per heavy atom. The third kappa shape index (κ3) is 3.28. The summed E-state index contributed by atoms with van der Waals surface area (Å²) in [7, 11) is 0. The lowest BCUT2D eigenvalue weighted by Gasteiger charge is -2.21. The van der Waals surface area contributed by atoms with Crippen molar-refractivity contribution in [3.05, 3.63) is 0 Å². The van der Waals surface area contributed by atoms with E-state index in [1.54, 1.807) is 0 Å². The van der Waals surface area contributed by atoms with Crippen molar-refractivity contribution in [1.29, 1.82) is 0 Å². The molecule has 1 atom stereocenters. The zero-order valence-corrected chi connectivity index (χ0v) is 9.00. The van der Waals surface area contributed by atoms with E-state index in [4.69, 9.17) is 5.11 Å². The molecule has 1 aliphatic heterocycles. The first-order valence-corrected chi connectivity index (χ1v) is 5.63. The van der Waals surface area contributed by atoms with Gasteiger partial charge in [-0.05, 0) is 24.8 Å². The molecule has 2 nitrogen and oxygen atoms in total. The lowest BCUT2D eigenvalue weighted by Crippen LogP contribution is -2.27. The van der Waals surface area contributed by atoms with E-state index < -0.39 is 0 Å². The highest BCUT2D eigenvalue weighted by Gasteiger charge is 2.22. The second-order valence-corrected chi connectivity index (χ2v) is 4.28. The van der Waals surface area contributed by atoms with Crippen LogP contribution in [0, 0.1) is 11.8 Å². The average molecular weight is 185 g/mol. The van der Waals surface area contributed by atoms with Crippen LogP contribution in [0.3, 0.4) is 0 Å². The second kappa shape index (κ2) is 5.61. The molecule has 2 heteroatoms. The largest absolute Gasteiger partial charge is 0.396 e. The minimum Gasteiger partial charge on any atom is -0.396 e. The molecule has 0 unspecified atom stereocenters. The number of aliphatic hydroxyl groups excluding tert-OH is 1. The van der Waals surface area contributed by atoms with E-state index in [1.165, 1.54) is 32.4 Å². The lowest BCUT2D eigenvalue weighted by atomic mass is 10.0.